The van der Waals surface area contributed by atoms with Gasteiger partial charge in [-0.3, -0.25) is 0 Å². The first kappa shape index (κ1) is 23.6. The first-order chi connectivity index (χ1) is 18.7. The maximum absolute atomic E-state index is 6.43. The molecule has 184 valence electrons. The van der Waals surface area contributed by atoms with E-state index in [0.29, 0.717) is 0 Å². The Morgan fingerprint density at radius 1 is 0.711 bits per heavy atom. The minimum atomic E-state index is 0.869. The van der Waals surface area contributed by atoms with Gasteiger partial charge < -0.3 is 9.32 Å². The molecule has 6 aromatic rings. The number of nitrogens with zero attached hydrogens (tertiary/aromatic N) is 1. The number of para-hydroxylation sites is 1. The van der Waals surface area contributed by atoms with Gasteiger partial charge in [-0.2, -0.15) is 0 Å². The number of benzene rings is 5. The molecule has 0 bridgehead atoms. The van der Waals surface area contributed by atoms with Gasteiger partial charge in [0, 0.05) is 33.3 Å². The molecule has 0 aliphatic heterocycles. The maximum atomic E-state index is 6.43. The standard InChI is InChI=1S/C36H29NO/c1-4-13-31-30(5-2)36-32(35-25(3)14-12-19-34(35)38-36)24-33(31)37(28-17-10-7-11-18-28)29-22-20-27(21-23-29)26-15-8-6-9-16-26/h4-24H,2H2,1,3H3/b13-4-. The van der Waals surface area contributed by atoms with Gasteiger partial charge in [-0.05, 0) is 66.9 Å². The van der Waals surface area contributed by atoms with Crippen LogP contribution in [0, 0.1) is 6.92 Å². The number of allylic oxidation sites excluding steroid dienone is 1. The van der Waals surface area contributed by atoms with Gasteiger partial charge in [0.1, 0.15) is 11.2 Å². The van der Waals surface area contributed by atoms with Gasteiger partial charge in [0.2, 0.25) is 0 Å². The van der Waals surface area contributed by atoms with Gasteiger partial charge in [0.25, 0.3) is 0 Å². The third-order valence-electron chi connectivity index (χ3n) is 7.08. The van der Waals surface area contributed by atoms with Crippen LogP contribution >= 0.6 is 0 Å². The molecule has 5 aromatic carbocycles. The van der Waals surface area contributed by atoms with E-state index in [1.165, 1.54) is 16.7 Å². The lowest BCUT2D eigenvalue weighted by Crippen LogP contribution is -2.12. The van der Waals surface area contributed by atoms with Crippen LogP contribution in [0.1, 0.15) is 23.6 Å². The van der Waals surface area contributed by atoms with Crippen molar-refractivity contribution in [3.63, 3.8) is 0 Å². The zero-order valence-electron chi connectivity index (χ0n) is 21.7. The van der Waals surface area contributed by atoms with Crippen LogP contribution in [-0.4, -0.2) is 0 Å². The predicted molar refractivity (Wildman–Crippen MR) is 163 cm³/mol. The number of fused-ring (bicyclic) bond motifs is 3. The number of hydrogen-bond donors (Lipinski definition) is 0. The van der Waals surface area contributed by atoms with Crippen molar-refractivity contribution >= 4 is 51.2 Å². The molecule has 0 aliphatic carbocycles. The fraction of sp³-hybridized carbons (Fsp3) is 0.0556. The highest BCUT2D eigenvalue weighted by atomic mass is 16.3. The fourth-order valence-electron chi connectivity index (χ4n) is 5.33. The SMILES string of the molecule is C=Cc1c(/C=C\C)c(N(c2ccccc2)c2ccc(-c3ccccc3)cc2)cc2c1oc1cccc(C)c12. The molecular weight excluding hydrogens is 462 g/mol. The molecule has 0 amide bonds. The molecule has 38 heavy (non-hydrogen) atoms. The van der Waals surface area contributed by atoms with Crippen molar-refractivity contribution < 1.29 is 4.42 Å². The molecular formula is C36H29NO. The van der Waals surface area contributed by atoms with E-state index >= 15 is 0 Å². The van der Waals surface area contributed by atoms with Crippen LogP contribution in [0.25, 0.3) is 45.2 Å². The minimum Gasteiger partial charge on any atom is -0.455 e. The molecule has 1 aromatic heterocycles. The molecule has 0 saturated heterocycles. The van der Waals surface area contributed by atoms with E-state index in [4.69, 9.17) is 4.42 Å². The number of rotatable bonds is 6. The summed E-state index contributed by atoms with van der Waals surface area (Å²) in [6.45, 7) is 8.38. The summed E-state index contributed by atoms with van der Waals surface area (Å²) >= 11 is 0. The Balaban J connectivity index is 1.65. The predicted octanol–water partition coefficient (Wildman–Crippen LogP) is 10.7. The van der Waals surface area contributed by atoms with Crippen LogP contribution in [-0.2, 0) is 0 Å². The largest absolute Gasteiger partial charge is 0.455 e. The summed E-state index contributed by atoms with van der Waals surface area (Å²) in [6.07, 6.45) is 6.15. The Bertz CT molecular complexity index is 1780. The Morgan fingerprint density at radius 3 is 2.05 bits per heavy atom. The summed E-state index contributed by atoms with van der Waals surface area (Å²) in [7, 11) is 0. The van der Waals surface area contributed by atoms with Crippen molar-refractivity contribution in [3.8, 4) is 11.1 Å². The first-order valence-electron chi connectivity index (χ1n) is 12.9. The van der Waals surface area contributed by atoms with Gasteiger partial charge in [-0.25, -0.2) is 0 Å². The van der Waals surface area contributed by atoms with Crippen LogP contribution in [0.2, 0.25) is 0 Å². The molecule has 0 fully saturated rings. The fourth-order valence-corrected chi connectivity index (χ4v) is 5.33. The smallest absolute Gasteiger partial charge is 0.143 e. The summed E-state index contributed by atoms with van der Waals surface area (Å²) in [5.74, 6) is 0. The normalized spacial score (nSPS) is 11.4. The lowest BCUT2D eigenvalue weighted by Gasteiger charge is -2.28. The van der Waals surface area contributed by atoms with Gasteiger partial charge in [0.05, 0.1) is 5.69 Å². The van der Waals surface area contributed by atoms with Crippen molar-refractivity contribution in [2.24, 2.45) is 0 Å². The average molecular weight is 492 g/mol. The Hall–Kier alpha value is -4.82. The second kappa shape index (κ2) is 9.91. The van der Waals surface area contributed by atoms with Crippen LogP contribution < -0.4 is 4.90 Å². The van der Waals surface area contributed by atoms with Crippen molar-refractivity contribution in [2.75, 3.05) is 4.90 Å². The number of hydrogen-bond acceptors (Lipinski definition) is 2. The zero-order chi connectivity index (χ0) is 26.1. The summed E-state index contributed by atoms with van der Waals surface area (Å²) < 4.78 is 6.43. The van der Waals surface area contributed by atoms with Crippen LogP contribution in [0.3, 0.4) is 0 Å². The molecule has 2 nitrogen and oxygen atoms in total. The van der Waals surface area contributed by atoms with E-state index < -0.39 is 0 Å². The lowest BCUT2D eigenvalue weighted by atomic mass is 9.97. The molecule has 0 radical (unpaired) electrons. The number of anilines is 3. The van der Waals surface area contributed by atoms with E-state index in [1.54, 1.807) is 0 Å². The van der Waals surface area contributed by atoms with Gasteiger partial charge in [-0.15, -0.1) is 0 Å². The second-order valence-corrected chi connectivity index (χ2v) is 9.44. The molecule has 0 N–H and O–H groups in total. The molecule has 0 unspecified atom stereocenters. The number of aryl methyl sites for hydroxylation is 1. The average Bonchev–Trinajstić information content (AvgIpc) is 3.34. The topological polar surface area (TPSA) is 16.4 Å². The highest BCUT2D eigenvalue weighted by molar-refractivity contribution is 6.12. The van der Waals surface area contributed by atoms with Crippen molar-refractivity contribution in [1.29, 1.82) is 0 Å². The van der Waals surface area contributed by atoms with E-state index in [9.17, 15) is 0 Å². The highest BCUT2D eigenvalue weighted by Crippen LogP contribution is 2.44. The van der Waals surface area contributed by atoms with E-state index in [0.717, 1.165) is 50.1 Å². The Morgan fingerprint density at radius 2 is 1.37 bits per heavy atom. The van der Waals surface area contributed by atoms with Crippen molar-refractivity contribution in [3.05, 3.63) is 139 Å². The quantitative estimate of drug-likeness (QED) is 0.230. The van der Waals surface area contributed by atoms with Gasteiger partial charge >= 0.3 is 0 Å². The molecule has 0 spiro atoms. The van der Waals surface area contributed by atoms with Crippen LogP contribution in [0.5, 0.6) is 0 Å². The lowest BCUT2D eigenvalue weighted by molar-refractivity contribution is 0.668. The number of furan rings is 1. The third kappa shape index (κ3) is 4.01. The third-order valence-corrected chi connectivity index (χ3v) is 7.08. The summed E-state index contributed by atoms with van der Waals surface area (Å²) in [6, 6.07) is 38.3. The second-order valence-electron chi connectivity index (χ2n) is 9.44. The van der Waals surface area contributed by atoms with Gasteiger partial charge in [0.15, 0.2) is 0 Å². The Labute approximate surface area is 223 Å². The molecule has 1 heterocycles. The monoisotopic (exact) mass is 491 g/mol. The van der Waals surface area contributed by atoms with E-state index in [-0.39, 0.29) is 0 Å². The van der Waals surface area contributed by atoms with Crippen LogP contribution in [0.15, 0.2) is 126 Å². The minimum absolute atomic E-state index is 0.869. The summed E-state index contributed by atoms with van der Waals surface area (Å²) in [5, 5.41) is 2.24. The summed E-state index contributed by atoms with van der Waals surface area (Å²) in [4.78, 5) is 2.33. The van der Waals surface area contributed by atoms with Crippen molar-refractivity contribution in [2.45, 2.75) is 13.8 Å². The molecule has 0 saturated carbocycles. The summed E-state index contributed by atoms with van der Waals surface area (Å²) in [5.41, 5.74) is 10.7. The molecule has 0 atom stereocenters. The molecule has 0 aliphatic rings. The van der Waals surface area contributed by atoms with E-state index in [1.807, 2.05) is 31.2 Å². The zero-order valence-corrected chi connectivity index (χ0v) is 21.7. The first-order valence-corrected chi connectivity index (χ1v) is 12.9. The van der Waals surface area contributed by atoms with Crippen LogP contribution in [0.4, 0.5) is 17.1 Å². The molecule has 2 heteroatoms. The highest BCUT2D eigenvalue weighted by Gasteiger charge is 2.22. The molecule has 6 rings (SSSR count). The Kier molecular flexibility index (Phi) is 6.15. The van der Waals surface area contributed by atoms with E-state index in [2.05, 4.69) is 122 Å². The van der Waals surface area contributed by atoms with Gasteiger partial charge in [-0.1, -0.05) is 97.6 Å². The maximum Gasteiger partial charge on any atom is 0.143 e. The van der Waals surface area contributed by atoms with Crippen molar-refractivity contribution in [1.82, 2.24) is 0 Å².